The number of aromatic amines is 1. The number of aryl methyl sites for hydroxylation is 2. The van der Waals surface area contributed by atoms with E-state index in [1.54, 1.807) is 12.1 Å². The third-order valence-electron chi connectivity index (χ3n) is 6.00. The van der Waals surface area contributed by atoms with E-state index in [1.807, 2.05) is 68.4 Å². The summed E-state index contributed by atoms with van der Waals surface area (Å²) in [7, 11) is 0. The van der Waals surface area contributed by atoms with E-state index in [0.717, 1.165) is 33.8 Å². The Kier molecular flexibility index (Phi) is 6.79. The van der Waals surface area contributed by atoms with Gasteiger partial charge in [-0.3, -0.25) is 14.6 Å². The molecule has 0 saturated carbocycles. The zero-order chi connectivity index (χ0) is 25.9. The number of benzene rings is 1. The van der Waals surface area contributed by atoms with Crippen LogP contribution in [-0.4, -0.2) is 32.4 Å². The maximum atomic E-state index is 13.4. The Morgan fingerprint density at radius 1 is 0.919 bits per heavy atom. The Morgan fingerprint density at radius 3 is 2.49 bits per heavy atom. The number of fused-ring (bicyclic) bond motifs is 1. The van der Waals surface area contributed by atoms with Gasteiger partial charge in [-0.2, -0.15) is 0 Å². The molecule has 4 aromatic heterocycles. The molecule has 0 bridgehead atoms. The Morgan fingerprint density at radius 2 is 1.73 bits per heavy atom. The molecule has 4 heterocycles. The summed E-state index contributed by atoms with van der Waals surface area (Å²) in [6, 6.07) is 20.9. The first-order valence-corrected chi connectivity index (χ1v) is 12.2. The van der Waals surface area contributed by atoms with Gasteiger partial charge in [-0.15, -0.1) is 0 Å². The van der Waals surface area contributed by atoms with Gasteiger partial charge in [0.25, 0.3) is 5.91 Å². The van der Waals surface area contributed by atoms with Crippen LogP contribution >= 0.6 is 11.6 Å². The topological polar surface area (TPSA) is 101 Å². The predicted molar refractivity (Wildman–Crippen MR) is 146 cm³/mol. The lowest BCUT2D eigenvalue weighted by Gasteiger charge is -2.13. The fraction of sp³-hybridized carbons (Fsp3) is 0.138. The normalized spacial score (nSPS) is 11.0. The molecule has 8 heteroatoms. The van der Waals surface area contributed by atoms with Gasteiger partial charge in [0.2, 0.25) is 5.43 Å². The SMILES string of the molecule is Cc1cc(-c2cc3c(=O)c(C(=O)NCCc4cccc(C)n4)c[nH]c3nc2-c2ccccc2)cc(Cl)n1. The highest BCUT2D eigenvalue weighted by atomic mass is 35.5. The summed E-state index contributed by atoms with van der Waals surface area (Å²) in [5.41, 5.74) is 5.63. The van der Waals surface area contributed by atoms with Gasteiger partial charge in [-0.05, 0) is 49.7 Å². The molecule has 0 saturated heterocycles. The van der Waals surface area contributed by atoms with Crippen LogP contribution in [-0.2, 0) is 6.42 Å². The number of rotatable bonds is 6. The van der Waals surface area contributed by atoms with Crippen molar-refractivity contribution < 1.29 is 4.79 Å². The second kappa shape index (κ2) is 10.3. The summed E-state index contributed by atoms with van der Waals surface area (Å²) in [4.78, 5) is 42.9. The van der Waals surface area contributed by atoms with E-state index in [4.69, 9.17) is 16.6 Å². The zero-order valence-electron chi connectivity index (χ0n) is 20.4. The predicted octanol–water partition coefficient (Wildman–Crippen LogP) is 5.29. The van der Waals surface area contributed by atoms with Crippen molar-refractivity contribution in [3.63, 3.8) is 0 Å². The summed E-state index contributed by atoms with van der Waals surface area (Å²) < 4.78 is 0. The summed E-state index contributed by atoms with van der Waals surface area (Å²) in [5, 5.41) is 3.49. The van der Waals surface area contributed by atoms with Crippen LogP contribution in [0, 0.1) is 13.8 Å². The van der Waals surface area contributed by atoms with Crippen LogP contribution in [0.1, 0.15) is 27.4 Å². The second-order valence-electron chi connectivity index (χ2n) is 8.77. The van der Waals surface area contributed by atoms with Gasteiger partial charge in [-0.25, -0.2) is 9.97 Å². The largest absolute Gasteiger partial charge is 0.351 e. The first kappa shape index (κ1) is 24.3. The van der Waals surface area contributed by atoms with Crippen LogP contribution in [0.25, 0.3) is 33.4 Å². The zero-order valence-corrected chi connectivity index (χ0v) is 21.1. The lowest BCUT2D eigenvalue weighted by atomic mass is 9.98. The smallest absolute Gasteiger partial charge is 0.256 e. The number of carbonyl (C=O) groups excluding carboxylic acids is 1. The Balaban J connectivity index is 1.54. The molecular formula is C29H24ClN5O2. The van der Waals surface area contributed by atoms with Gasteiger partial charge >= 0.3 is 0 Å². The maximum Gasteiger partial charge on any atom is 0.256 e. The number of pyridine rings is 4. The monoisotopic (exact) mass is 509 g/mol. The average molecular weight is 510 g/mol. The van der Waals surface area contributed by atoms with Crippen molar-refractivity contribution in [3.8, 4) is 22.4 Å². The Labute approximate surface area is 218 Å². The van der Waals surface area contributed by atoms with Gasteiger partial charge < -0.3 is 10.3 Å². The standard InChI is InChI=1S/C29H24ClN5O2/c1-17-7-6-10-21(33-17)11-12-31-29(37)24-16-32-28-23(27(24)36)15-22(20-13-18(2)34-25(30)14-20)26(35-28)19-8-4-3-5-9-19/h3-10,13-16H,11-12H2,1-2H3,(H,31,37)(H,32,35,36). The molecule has 7 nitrogen and oxygen atoms in total. The number of nitrogens with zero attached hydrogens (tertiary/aromatic N) is 3. The third kappa shape index (κ3) is 5.27. The van der Waals surface area contributed by atoms with E-state index in [1.165, 1.54) is 6.20 Å². The molecule has 5 aromatic rings. The van der Waals surface area contributed by atoms with Crippen LogP contribution in [0.3, 0.4) is 0 Å². The van der Waals surface area contributed by atoms with Crippen LogP contribution in [0.4, 0.5) is 0 Å². The highest BCUT2D eigenvalue weighted by molar-refractivity contribution is 6.29. The van der Waals surface area contributed by atoms with E-state index in [2.05, 4.69) is 20.3 Å². The van der Waals surface area contributed by atoms with Crippen molar-refractivity contribution in [2.24, 2.45) is 0 Å². The molecule has 0 spiro atoms. The molecule has 0 aliphatic carbocycles. The van der Waals surface area contributed by atoms with Crippen LogP contribution in [0.2, 0.25) is 5.15 Å². The fourth-order valence-electron chi connectivity index (χ4n) is 4.27. The number of amides is 1. The molecule has 184 valence electrons. The molecule has 0 aliphatic heterocycles. The fourth-order valence-corrected chi connectivity index (χ4v) is 4.52. The van der Waals surface area contributed by atoms with Crippen LogP contribution in [0.5, 0.6) is 0 Å². The van der Waals surface area contributed by atoms with Crippen molar-refractivity contribution >= 4 is 28.5 Å². The minimum Gasteiger partial charge on any atom is -0.351 e. The molecule has 0 radical (unpaired) electrons. The van der Waals surface area contributed by atoms with Gasteiger partial charge in [0.1, 0.15) is 16.4 Å². The Bertz CT molecular complexity index is 1660. The van der Waals surface area contributed by atoms with E-state index >= 15 is 0 Å². The number of halogens is 1. The van der Waals surface area contributed by atoms with Crippen LogP contribution in [0.15, 0.2) is 77.7 Å². The molecule has 2 N–H and O–H groups in total. The number of hydrogen-bond acceptors (Lipinski definition) is 5. The minimum absolute atomic E-state index is 0.0221. The summed E-state index contributed by atoms with van der Waals surface area (Å²) >= 11 is 6.26. The molecule has 1 aromatic carbocycles. The van der Waals surface area contributed by atoms with Crippen LogP contribution < -0.4 is 10.7 Å². The van der Waals surface area contributed by atoms with Crippen molar-refractivity contribution in [1.29, 1.82) is 0 Å². The molecule has 0 fully saturated rings. The molecule has 1 amide bonds. The first-order valence-electron chi connectivity index (χ1n) is 11.9. The van der Waals surface area contributed by atoms with Gasteiger partial charge in [0.05, 0.1) is 11.1 Å². The van der Waals surface area contributed by atoms with Crippen molar-refractivity contribution in [3.05, 3.63) is 111 Å². The summed E-state index contributed by atoms with van der Waals surface area (Å²) in [6.07, 6.45) is 1.98. The number of hydrogen-bond donors (Lipinski definition) is 2. The summed E-state index contributed by atoms with van der Waals surface area (Å²) in [6.45, 7) is 4.13. The average Bonchev–Trinajstić information content (AvgIpc) is 2.88. The Hall–Kier alpha value is -4.36. The van der Waals surface area contributed by atoms with E-state index in [9.17, 15) is 9.59 Å². The van der Waals surface area contributed by atoms with Gasteiger partial charge in [-0.1, -0.05) is 48.0 Å². The number of carbonyl (C=O) groups is 1. The lowest BCUT2D eigenvalue weighted by molar-refractivity contribution is 0.0953. The molecule has 0 unspecified atom stereocenters. The minimum atomic E-state index is -0.452. The molecule has 37 heavy (non-hydrogen) atoms. The lowest BCUT2D eigenvalue weighted by Crippen LogP contribution is -2.30. The highest BCUT2D eigenvalue weighted by Crippen LogP contribution is 2.33. The number of nitrogens with one attached hydrogen (secondary N) is 2. The van der Waals surface area contributed by atoms with Crippen molar-refractivity contribution in [2.75, 3.05) is 6.54 Å². The summed E-state index contributed by atoms with van der Waals surface area (Å²) in [5.74, 6) is -0.452. The molecule has 0 aliphatic rings. The first-order chi connectivity index (χ1) is 17.9. The number of aromatic nitrogens is 4. The highest BCUT2D eigenvalue weighted by Gasteiger charge is 2.18. The quantitative estimate of drug-likeness (QED) is 0.303. The number of H-pyrrole nitrogens is 1. The van der Waals surface area contributed by atoms with Crippen molar-refractivity contribution in [2.45, 2.75) is 20.3 Å². The van der Waals surface area contributed by atoms with Gasteiger partial charge in [0, 0.05) is 47.4 Å². The molecule has 5 rings (SSSR count). The maximum absolute atomic E-state index is 13.4. The second-order valence-corrected chi connectivity index (χ2v) is 9.16. The van der Waals surface area contributed by atoms with E-state index in [-0.39, 0.29) is 5.56 Å². The third-order valence-corrected chi connectivity index (χ3v) is 6.20. The van der Waals surface area contributed by atoms with E-state index < -0.39 is 11.3 Å². The molecule has 0 atom stereocenters. The van der Waals surface area contributed by atoms with E-state index in [0.29, 0.717) is 34.8 Å². The van der Waals surface area contributed by atoms with Gasteiger partial charge in [0.15, 0.2) is 0 Å². The molecular weight excluding hydrogens is 486 g/mol. The van der Waals surface area contributed by atoms with Crippen molar-refractivity contribution in [1.82, 2.24) is 25.3 Å².